The van der Waals surface area contributed by atoms with Gasteiger partial charge in [-0.15, -0.1) is 0 Å². The number of benzodiazepines with no additional fused rings is 1. The van der Waals surface area contributed by atoms with Crippen LogP contribution in [0.3, 0.4) is 0 Å². The van der Waals surface area contributed by atoms with E-state index in [1.165, 1.54) is 0 Å². The summed E-state index contributed by atoms with van der Waals surface area (Å²) in [6.07, 6.45) is 1.78. The Morgan fingerprint density at radius 2 is 2.00 bits per heavy atom. The molecule has 7 heteroatoms. The summed E-state index contributed by atoms with van der Waals surface area (Å²) in [5, 5.41) is 9.28. The number of fused-ring (bicyclic) bond motifs is 1. The van der Waals surface area contributed by atoms with Crippen LogP contribution in [0, 0.1) is 12.3 Å². The van der Waals surface area contributed by atoms with Crippen molar-refractivity contribution < 1.29 is 9.59 Å². The molecular formula is C27H35N5O2. The fourth-order valence-corrected chi connectivity index (χ4v) is 4.80. The number of carbonyl (C=O) groups is 2. The zero-order valence-corrected chi connectivity index (χ0v) is 20.5. The lowest BCUT2D eigenvalue weighted by atomic mass is 9.77. The van der Waals surface area contributed by atoms with Gasteiger partial charge in [-0.05, 0) is 61.9 Å². The van der Waals surface area contributed by atoms with Gasteiger partial charge in [0.2, 0.25) is 6.17 Å². The maximum absolute atomic E-state index is 13.7. The first-order chi connectivity index (χ1) is 16.3. The number of hydrogen-bond donors (Lipinski definition) is 3. The fraction of sp³-hybridized carbons (Fsp3) is 0.444. The molecule has 7 nitrogen and oxygen atoms in total. The number of anilines is 2. The van der Waals surface area contributed by atoms with Gasteiger partial charge in [0, 0.05) is 17.8 Å². The van der Waals surface area contributed by atoms with E-state index < -0.39 is 12.2 Å². The Bertz CT molecular complexity index is 1090. The van der Waals surface area contributed by atoms with Gasteiger partial charge in [-0.25, -0.2) is 4.79 Å². The molecular weight excluding hydrogens is 426 g/mol. The summed E-state index contributed by atoms with van der Waals surface area (Å²) in [5.41, 5.74) is 4.50. The van der Waals surface area contributed by atoms with Crippen molar-refractivity contribution in [3.05, 3.63) is 59.7 Å². The van der Waals surface area contributed by atoms with Crippen LogP contribution < -0.4 is 20.9 Å². The third-order valence-electron chi connectivity index (χ3n) is 6.51. The molecule has 3 N–H and O–H groups in total. The number of carbonyl (C=O) groups excluding carboxylic acids is 2. The van der Waals surface area contributed by atoms with Gasteiger partial charge >= 0.3 is 6.03 Å². The van der Waals surface area contributed by atoms with E-state index in [1.54, 1.807) is 4.90 Å². The highest BCUT2D eigenvalue weighted by Crippen LogP contribution is 2.34. The van der Waals surface area contributed by atoms with Crippen LogP contribution in [0.15, 0.2) is 53.5 Å². The number of aryl methyl sites for hydroxylation is 1. The van der Waals surface area contributed by atoms with Crippen LogP contribution in [0.4, 0.5) is 16.2 Å². The first kappa shape index (κ1) is 24.0. The SMILES string of the molecule is CCCN1C(=O)[C@H](NC(=O)Nc2cccc(C)c2)N=C([C@H]2CC(C)(C)CCN2)c2ccccc21. The highest BCUT2D eigenvalue weighted by molar-refractivity contribution is 6.15. The molecule has 0 radical (unpaired) electrons. The number of amides is 3. The zero-order chi connectivity index (χ0) is 24.3. The average Bonchev–Trinajstić information content (AvgIpc) is 2.89. The summed E-state index contributed by atoms with van der Waals surface area (Å²) in [6.45, 7) is 9.98. The van der Waals surface area contributed by atoms with Crippen molar-refractivity contribution in [1.82, 2.24) is 10.6 Å². The molecule has 2 aromatic carbocycles. The van der Waals surface area contributed by atoms with Crippen molar-refractivity contribution in [2.24, 2.45) is 10.4 Å². The third kappa shape index (κ3) is 5.30. The molecule has 0 aromatic heterocycles. The van der Waals surface area contributed by atoms with Crippen LogP contribution in [0.25, 0.3) is 0 Å². The van der Waals surface area contributed by atoms with E-state index >= 15 is 0 Å². The number of hydrogen-bond acceptors (Lipinski definition) is 4. The molecule has 1 fully saturated rings. The molecule has 2 heterocycles. The van der Waals surface area contributed by atoms with E-state index in [0.717, 1.165) is 48.3 Å². The molecule has 2 aliphatic heterocycles. The predicted octanol–water partition coefficient (Wildman–Crippen LogP) is 4.47. The number of para-hydroxylation sites is 1. The van der Waals surface area contributed by atoms with Gasteiger partial charge in [-0.1, -0.05) is 51.1 Å². The van der Waals surface area contributed by atoms with E-state index in [-0.39, 0.29) is 17.4 Å². The number of nitrogens with zero attached hydrogens (tertiary/aromatic N) is 2. The van der Waals surface area contributed by atoms with Crippen molar-refractivity contribution in [3.8, 4) is 0 Å². The Morgan fingerprint density at radius 3 is 2.74 bits per heavy atom. The van der Waals surface area contributed by atoms with Crippen LogP contribution in [0.1, 0.15) is 51.2 Å². The molecule has 2 aromatic rings. The average molecular weight is 462 g/mol. The highest BCUT2D eigenvalue weighted by Gasteiger charge is 2.37. The van der Waals surface area contributed by atoms with E-state index in [9.17, 15) is 9.59 Å². The van der Waals surface area contributed by atoms with Crippen molar-refractivity contribution >= 4 is 29.0 Å². The van der Waals surface area contributed by atoms with E-state index in [4.69, 9.17) is 4.99 Å². The quantitative estimate of drug-likeness (QED) is 0.614. The second-order valence-corrected chi connectivity index (χ2v) is 10.0. The van der Waals surface area contributed by atoms with Crippen molar-refractivity contribution in [2.45, 2.75) is 59.2 Å². The van der Waals surface area contributed by atoms with Gasteiger partial charge in [0.1, 0.15) is 0 Å². The maximum Gasteiger partial charge on any atom is 0.321 e. The summed E-state index contributed by atoms with van der Waals surface area (Å²) in [7, 11) is 0. The first-order valence-corrected chi connectivity index (χ1v) is 12.1. The van der Waals surface area contributed by atoms with Crippen molar-refractivity contribution in [1.29, 1.82) is 0 Å². The minimum atomic E-state index is -1.01. The van der Waals surface area contributed by atoms with Crippen molar-refractivity contribution in [2.75, 3.05) is 23.3 Å². The normalized spacial score (nSPS) is 21.8. The molecule has 0 saturated carbocycles. The van der Waals surface area contributed by atoms with Gasteiger partial charge in [-0.2, -0.15) is 0 Å². The molecule has 2 atom stereocenters. The second-order valence-electron chi connectivity index (χ2n) is 10.0. The number of urea groups is 1. The van der Waals surface area contributed by atoms with Crippen LogP contribution in [0.2, 0.25) is 0 Å². The largest absolute Gasteiger partial charge is 0.321 e. The molecule has 3 amide bonds. The van der Waals surface area contributed by atoms with Gasteiger partial charge < -0.3 is 20.9 Å². The van der Waals surface area contributed by atoms with Crippen LogP contribution >= 0.6 is 0 Å². The lowest BCUT2D eigenvalue weighted by molar-refractivity contribution is -0.120. The summed E-state index contributed by atoms with van der Waals surface area (Å²) >= 11 is 0. The van der Waals surface area contributed by atoms with E-state index in [1.807, 2.05) is 62.4 Å². The lowest BCUT2D eigenvalue weighted by Crippen LogP contribution is -2.50. The Labute approximate surface area is 202 Å². The molecule has 180 valence electrons. The van der Waals surface area contributed by atoms with Gasteiger partial charge in [0.15, 0.2) is 0 Å². The molecule has 4 rings (SSSR count). The Hall–Kier alpha value is -3.19. The van der Waals surface area contributed by atoms with E-state index in [0.29, 0.717) is 12.2 Å². The summed E-state index contributed by atoms with van der Waals surface area (Å²) in [5.74, 6) is -0.223. The van der Waals surface area contributed by atoms with Crippen LogP contribution in [-0.2, 0) is 4.79 Å². The molecule has 0 unspecified atom stereocenters. The third-order valence-corrected chi connectivity index (χ3v) is 6.51. The Balaban J connectivity index is 1.69. The number of rotatable bonds is 5. The summed E-state index contributed by atoms with van der Waals surface area (Å²) in [6, 6.07) is 15.0. The predicted molar refractivity (Wildman–Crippen MR) is 138 cm³/mol. The Kier molecular flexibility index (Phi) is 7.03. The van der Waals surface area contributed by atoms with E-state index in [2.05, 4.69) is 29.8 Å². The molecule has 0 aliphatic carbocycles. The molecule has 34 heavy (non-hydrogen) atoms. The molecule has 0 spiro atoms. The molecule has 2 aliphatic rings. The topological polar surface area (TPSA) is 85.8 Å². The fourth-order valence-electron chi connectivity index (χ4n) is 4.80. The summed E-state index contributed by atoms with van der Waals surface area (Å²) < 4.78 is 0. The van der Waals surface area contributed by atoms with Crippen molar-refractivity contribution in [3.63, 3.8) is 0 Å². The highest BCUT2D eigenvalue weighted by atomic mass is 16.2. The Morgan fingerprint density at radius 1 is 1.21 bits per heavy atom. The lowest BCUT2D eigenvalue weighted by Gasteiger charge is -2.37. The molecule has 1 saturated heterocycles. The van der Waals surface area contributed by atoms with Gasteiger partial charge in [0.25, 0.3) is 5.91 Å². The van der Waals surface area contributed by atoms with Gasteiger partial charge in [-0.3, -0.25) is 9.79 Å². The van der Waals surface area contributed by atoms with Gasteiger partial charge in [0.05, 0.1) is 17.4 Å². The number of aliphatic imine (C=N–C) groups is 1. The van der Waals surface area contributed by atoms with Crippen LogP contribution in [-0.4, -0.2) is 42.9 Å². The monoisotopic (exact) mass is 461 g/mol. The number of benzene rings is 2. The standard InChI is InChI=1S/C27H35N5O2/c1-5-15-32-22-12-7-6-11-20(22)23(21-17-27(3,4)13-14-28-21)30-24(25(32)33)31-26(34)29-19-10-8-9-18(2)16-19/h6-12,16,21,24,28H,5,13-15,17H2,1-4H3,(H2,29,31,34)/t21-,24+/m1/s1. The number of nitrogens with one attached hydrogen (secondary N) is 3. The maximum atomic E-state index is 13.7. The zero-order valence-electron chi connectivity index (χ0n) is 20.5. The minimum absolute atomic E-state index is 0.00316. The first-order valence-electron chi connectivity index (χ1n) is 12.1. The number of piperidine rings is 1. The minimum Gasteiger partial charge on any atom is -0.309 e. The summed E-state index contributed by atoms with van der Waals surface area (Å²) in [4.78, 5) is 33.2. The second kappa shape index (κ2) is 9.97. The van der Waals surface area contributed by atoms with Crippen LogP contribution in [0.5, 0.6) is 0 Å². The molecule has 0 bridgehead atoms. The smallest absolute Gasteiger partial charge is 0.309 e.